The van der Waals surface area contributed by atoms with Crippen molar-refractivity contribution in [3.8, 4) is 0 Å². The van der Waals surface area contributed by atoms with Crippen LogP contribution in [0.25, 0.3) is 0 Å². The van der Waals surface area contributed by atoms with Gasteiger partial charge in [0.25, 0.3) is 0 Å². The van der Waals surface area contributed by atoms with Crippen molar-refractivity contribution in [2.75, 3.05) is 0 Å². The van der Waals surface area contributed by atoms with E-state index in [2.05, 4.69) is 9.97 Å². The lowest BCUT2D eigenvalue weighted by Gasteiger charge is -1.81. The molecule has 0 aliphatic carbocycles. The summed E-state index contributed by atoms with van der Waals surface area (Å²) in [6.45, 7) is 1.86. The summed E-state index contributed by atoms with van der Waals surface area (Å²) in [5.74, 6) is -2.83. The van der Waals surface area contributed by atoms with Gasteiger partial charge in [-0.05, 0) is 13.0 Å². The molecule has 70 valence electrons. The summed E-state index contributed by atoms with van der Waals surface area (Å²) < 4.78 is 0. The van der Waals surface area contributed by atoms with Gasteiger partial charge in [-0.15, -0.1) is 0 Å². The highest BCUT2D eigenvalue weighted by Gasteiger charge is 2.04. The second-order valence-electron chi connectivity index (χ2n) is 1.91. The molecule has 0 aliphatic heterocycles. The van der Waals surface area contributed by atoms with E-state index in [1.807, 2.05) is 6.92 Å². The Bertz CT molecular complexity index is 274. The molecule has 6 heteroatoms. The normalized spacial score (nSPS) is 8.08. The first-order valence-electron chi connectivity index (χ1n) is 3.24. The van der Waals surface area contributed by atoms with Crippen LogP contribution in [-0.2, 0) is 9.59 Å². The summed E-state index contributed by atoms with van der Waals surface area (Å²) in [4.78, 5) is 25.9. The smallest absolute Gasteiger partial charge is 0.414 e. The highest BCUT2D eigenvalue weighted by molar-refractivity contribution is 6.27. The minimum Gasteiger partial charge on any atom is -0.473 e. The predicted octanol–water partition coefficient (Wildman–Crippen LogP) is -0.0594. The van der Waals surface area contributed by atoms with Crippen LogP contribution in [-0.4, -0.2) is 32.1 Å². The van der Waals surface area contributed by atoms with Gasteiger partial charge in [-0.2, -0.15) is 0 Å². The number of aryl methyl sites for hydroxylation is 1. The summed E-state index contributed by atoms with van der Waals surface area (Å²) in [6.07, 6.45) is 3.45. The van der Waals surface area contributed by atoms with Crippen molar-refractivity contribution >= 4 is 11.9 Å². The molecule has 1 aromatic heterocycles. The summed E-state index contributed by atoms with van der Waals surface area (Å²) in [5, 5.41) is 14.8. The first-order chi connectivity index (χ1) is 6.04. The molecule has 0 radical (unpaired) electrons. The van der Waals surface area contributed by atoms with Crippen molar-refractivity contribution in [1.29, 1.82) is 0 Å². The average molecular weight is 184 g/mol. The number of carboxylic acids is 2. The molecule has 0 aromatic carbocycles. The molecule has 0 saturated carbocycles. The average Bonchev–Trinajstić information content (AvgIpc) is 2.06. The van der Waals surface area contributed by atoms with Gasteiger partial charge in [0, 0.05) is 12.4 Å². The number of hydrogen-bond donors (Lipinski definition) is 2. The highest BCUT2D eigenvalue weighted by atomic mass is 16.4. The zero-order chi connectivity index (χ0) is 10.3. The van der Waals surface area contributed by atoms with Crippen LogP contribution >= 0.6 is 0 Å². The van der Waals surface area contributed by atoms with E-state index in [4.69, 9.17) is 19.8 Å². The largest absolute Gasteiger partial charge is 0.473 e. The second-order valence-corrected chi connectivity index (χ2v) is 1.91. The summed E-state index contributed by atoms with van der Waals surface area (Å²) in [6, 6.07) is 1.80. The van der Waals surface area contributed by atoms with Crippen molar-refractivity contribution < 1.29 is 19.8 Å². The molecule has 6 nitrogen and oxygen atoms in total. The molecule has 0 aliphatic rings. The molecule has 0 fully saturated rings. The molecule has 1 heterocycles. The van der Waals surface area contributed by atoms with Crippen molar-refractivity contribution in [2.24, 2.45) is 0 Å². The fourth-order valence-electron chi connectivity index (χ4n) is 0.374. The number of aromatic nitrogens is 2. The van der Waals surface area contributed by atoms with Gasteiger partial charge in [0.05, 0.1) is 0 Å². The molecule has 1 aromatic rings. The Morgan fingerprint density at radius 3 is 1.69 bits per heavy atom. The van der Waals surface area contributed by atoms with E-state index in [-0.39, 0.29) is 0 Å². The van der Waals surface area contributed by atoms with E-state index >= 15 is 0 Å². The van der Waals surface area contributed by atoms with Gasteiger partial charge in [0.15, 0.2) is 0 Å². The van der Waals surface area contributed by atoms with Crippen molar-refractivity contribution in [3.63, 3.8) is 0 Å². The lowest BCUT2D eigenvalue weighted by Crippen LogP contribution is -2.09. The Labute approximate surface area is 73.9 Å². The minimum absolute atomic E-state index is 0.822. The van der Waals surface area contributed by atoms with Gasteiger partial charge in [-0.1, -0.05) is 0 Å². The van der Waals surface area contributed by atoms with Gasteiger partial charge in [0.1, 0.15) is 5.82 Å². The molecular formula is C7H8N2O4. The maximum Gasteiger partial charge on any atom is 0.414 e. The number of nitrogens with zero attached hydrogens (tertiary/aromatic N) is 2. The van der Waals surface area contributed by atoms with Crippen LogP contribution in [0.4, 0.5) is 0 Å². The Balaban J connectivity index is 0.000000226. The zero-order valence-electron chi connectivity index (χ0n) is 6.84. The molecule has 2 N–H and O–H groups in total. The molecular weight excluding hydrogens is 176 g/mol. The molecule has 0 saturated heterocycles. The third-order valence-electron chi connectivity index (χ3n) is 0.878. The van der Waals surface area contributed by atoms with Crippen molar-refractivity contribution in [3.05, 3.63) is 24.3 Å². The van der Waals surface area contributed by atoms with E-state index in [1.54, 1.807) is 18.5 Å². The number of aliphatic carboxylic acids is 2. The van der Waals surface area contributed by atoms with Crippen LogP contribution in [0.3, 0.4) is 0 Å². The number of carboxylic acid groups (broad SMARTS) is 2. The van der Waals surface area contributed by atoms with Gasteiger partial charge < -0.3 is 10.2 Å². The van der Waals surface area contributed by atoms with Gasteiger partial charge in [-0.25, -0.2) is 19.6 Å². The third kappa shape index (κ3) is 6.42. The molecule has 0 amide bonds. The predicted molar refractivity (Wildman–Crippen MR) is 42.0 cm³/mol. The summed E-state index contributed by atoms with van der Waals surface area (Å²) in [7, 11) is 0. The van der Waals surface area contributed by atoms with Crippen LogP contribution in [0, 0.1) is 6.92 Å². The Kier molecular flexibility index (Phi) is 4.78. The lowest BCUT2D eigenvalue weighted by atomic mass is 10.6. The fraction of sp³-hybridized carbons (Fsp3) is 0.143. The molecule has 0 unspecified atom stereocenters. The Morgan fingerprint density at radius 1 is 1.15 bits per heavy atom. The monoisotopic (exact) mass is 184 g/mol. The third-order valence-corrected chi connectivity index (χ3v) is 0.878. The van der Waals surface area contributed by atoms with Crippen molar-refractivity contribution in [1.82, 2.24) is 9.97 Å². The number of hydrogen-bond acceptors (Lipinski definition) is 4. The highest BCUT2D eigenvalue weighted by Crippen LogP contribution is 1.78. The molecule has 1 rings (SSSR count). The summed E-state index contributed by atoms with van der Waals surface area (Å²) in [5.41, 5.74) is 0. The van der Waals surface area contributed by atoms with E-state index < -0.39 is 11.9 Å². The molecule has 13 heavy (non-hydrogen) atoms. The standard InChI is InChI=1S/C5H6N2.C2H2O4/c1-5-6-3-2-4-7-5;3-1(4)2(5)6/h2-4H,1H3;(H,3,4)(H,5,6). The van der Waals surface area contributed by atoms with Crippen LogP contribution in [0.5, 0.6) is 0 Å². The van der Waals surface area contributed by atoms with E-state index in [0.717, 1.165) is 5.82 Å². The molecule has 0 atom stereocenters. The lowest BCUT2D eigenvalue weighted by molar-refractivity contribution is -0.159. The number of rotatable bonds is 0. The van der Waals surface area contributed by atoms with Gasteiger partial charge in [-0.3, -0.25) is 0 Å². The Morgan fingerprint density at radius 2 is 1.54 bits per heavy atom. The fourth-order valence-corrected chi connectivity index (χ4v) is 0.374. The second kappa shape index (κ2) is 5.64. The SMILES string of the molecule is Cc1ncccn1.O=C(O)C(=O)O. The van der Waals surface area contributed by atoms with E-state index in [1.165, 1.54) is 0 Å². The van der Waals surface area contributed by atoms with Crippen LogP contribution < -0.4 is 0 Å². The molecule has 0 spiro atoms. The first kappa shape index (κ1) is 11.0. The van der Waals surface area contributed by atoms with Crippen LogP contribution in [0.15, 0.2) is 18.5 Å². The van der Waals surface area contributed by atoms with Crippen LogP contribution in [0.2, 0.25) is 0 Å². The molecule has 0 bridgehead atoms. The van der Waals surface area contributed by atoms with Crippen LogP contribution in [0.1, 0.15) is 5.82 Å². The minimum atomic E-state index is -1.82. The van der Waals surface area contributed by atoms with Gasteiger partial charge >= 0.3 is 11.9 Å². The summed E-state index contributed by atoms with van der Waals surface area (Å²) >= 11 is 0. The van der Waals surface area contributed by atoms with Gasteiger partial charge in [0.2, 0.25) is 0 Å². The van der Waals surface area contributed by atoms with E-state index in [0.29, 0.717) is 0 Å². The maximum absolute atomic E-state index is 9.10. The number of carbonyl (C=O) groups is 2. The topological polar surface area (TPSA) is 100 Å². The maximum atomic E-state index is 9.10. The Hall–Kier alpha value is -1.98. The van der Waals surface area contributed by atoms with Crippen molar-refractivity contribution in [2.45, 2.75) is 6.92 Å². The quantitative estimate of drug-likeness (QED) is 0.548. The first-order valence-corrected chi connectivity index (χ1v) is 3.24. The zero-order valence-corrected chi connectivity index (χ0v) is 6.84. The van der Waals surface area contributed by atoms with E-state index in [9.17, 15) is 0 Å².